The minimum Gasteiger partial charge on any atom is -0.494 e. The van der Waals surface area contributed by atoms with Crippen molar-refractivity contribution in [3.63, 3.8) is 0 Å². The van der Waals surface area contributed by atoms with Crippen LogP contribution in [0.25, 0.3) is 0 Å². The second-order valence-electron chi connectivity index (χ2n) is 3.28. The third-order valence-electron chi connectivity index (χ3n) is 2.22. The molecule has 0 saturated carbocycles. The Labute approximate surface area is 88.9 Å². The van der Waals surface area contributed by atoms with Crippen LogP contribution in [-0.4, -0.2) is 23.2 Å². The Morgan fingerprint density at radius 1 is 1.53 bits per heavy atom. The molecular weight excluding hydrogens is 194 g/mol. The molecule has 1 rings (SSSR count). The Hall–Kier alpha value is -1.58. The van der Waals surface area contributed by atoms with E-state index in [1.165, 1.54) is 13.3 Å². The van der Waals surface area contributed by atoms with Gasteiger partial charge in [0.15, 0.2) is 5.75 Å². The van der Waals surface area contributed by atoms with E-state index in [1.807, 2.05) is 0 Å². The lowest BCUT2D eigenvalue weighted by atomic mass is 10.0. The van der Waals surface area contributed by atoms with Gasteiger partial charge in [0.2, 0.25) is 0 Å². The summed E-state index contributed by atoms with van der Waals surface area (Å²) in [5.41, 5.74) is 0.977. The summed E-state index contributed by atoms with van der Waals surface area (Å²) >= 11 is 0. The molecule has 4 nitrogen and oxygen atoms in total. The number of ether oxygens (including phenoxy) is 1. The standard InChI is InChI=1S/C11H15NO3/c1-3-4-5-8-6-12-7-9(15-2)10(8)11(13)14/h6-7H,3-5H2,1-2H3,(H,13,14). The van der Waals surface area contributed by atoms with E-state index in [2.05, 4.69) is 11.9 Å². The summed E-state index contributed by atoms with van der Waals surface area (Å²) in [6.07, 6.45) is 5.73. The maximum atomic E-state index is 11.1. The predicted octanol–water partition coefficient (Wildman–Crippen LogP) is 2.13. The zero-order valence-electron chi connectivity index (χ0n) is 8.99. The molecule has 0 saturated heterocycles. The summed E-state index contributed by atoms with van der Waals surface area (Å²) in [6, 6.07) is 0. The van der Waals surface area contributed by atoms with Crippen molar-refractivity contribution in [1.82, 2.24) is 4.98 Å². The molecule has 0 atom stereocenters. The average molecular weight is 209 g/mol. The molecule has 0 aliphatic carbocycles. The molecule has 1 N–H and O–H groups in total. The topological polar surface area (TPSA) is 59.4 Å². The van der Waals surface area contributed by atoms with Gasteiger partial charge in [-0.1, -0.05) is 13.3 Å². The molecule has 0 fully saturated rings. The first kappa shape index (κ1) is 11.5. The monoisotopic (exact) mass is 209 g/mol. The second kappa shape index (κ2) is 5.34. The predicted molar refractivity (Wildman–Crippen MR) is 56.4 cm³/mol. The van der Waals surface area contributed by atoms with Gasteiger partial charge in [0.1, 0.15) is 5.56 Å². The van der Waals surface area contributed by atoms with E-state index in [0.29, 0.717) is 5.75 Å². The Morgan fingerprint density at radius 3 is 2.80 bits per heavy atom. The number of pyridine rings is 1. The molecule has 15 heavy (non-hydrogen) atoms. The number of carboxylic acid groups (broad SMARTS) is 1. The van der Waals surface area contributed by atoms with Gasteiger partial charge < -0.3 is 9.84 Å². The van der Waals surface area contributed by atoms with Gasteiger partial charge in [0, 0.05) is 6.20 Å². The zero-order valence-corrected chi connectivity index (χ0v) is 8.99. The van der Waals surface area contributed by atoms with Crippen molar-refractivity contribution in [2.75, 3.05) is 7.11 Å². The normalized spacial score (nSPS) is 10.0. The number of hydrogen-bond acceptors (Lipinski definition) is 3. The number of rotatable bonds is 5. The van der Waals surface area contributed by atoms with E-state index in [0.717, 1.165) is 24.8 Å². The van der Waals surface area contributed by atoms with Crippen molar-refractivity contribution in [3.05, 3.63) is 23.5 Å². The van der Waals surface area contributed by atoms with Crippen LogP contribution in [0.15, 0.2) is 12.4 Å². The molecule has 4 heteroatoms. The van der Waals surface area contributed by atoms with Crippen LogP contribution in [0.2, 0.25) is 0 Å². The van der Waals surface area contributed by atoms with Crippen molar-refractivity contribution in [3.8, 4) is 5.75 Å². The molecule has 1 aromatic rings. The summed E-state index contributed by atoms with van der Waals surface area (Å²) in [7, 11) is 1.45. The van der Waals surface area contributed by atoms with E-state index in [4.69, 9.17) is 9.84 Å². The maximum absolute atomic E-state index is 11.1. The molecule has 0 aromatic carbocycles. The number of aryl methyl sites for hydroxylation is 1. The number of unbranched alkanes of at least 4 members (excludes halogenated alkanes) is 1. The van der Waals surface area contributed by atoms with Gasteiger partial charge in [0.25, 0.3) is 0 Å². The number of carbonyl (C=O) groups is 1. The summed E-state index contributed by atoms with van der Waals surface area (Å²) in [5.74, 6) is -0.628. The van der Waals surface area contributed by atoms with Crippen LogP contribution in [0.4, 0.5) is 0 Å². The van der Waals surface area contributed by atoms with Crippen LogP contribution in [0.3, 0.4) is 0 Å². The second-order valence-corrected chi connectivity index (χ2v) is 3.28. The quantitative estimate of drug-likeness (QED) is 0.807. The molecule has 0 aliphatic rings. The maximum Gasteiger partial charge on any atom is 0.339 e. The summed E-state index contributed by atoms with van der Waals surface area (Å²) in [4.78, 5) is 15.0. The van der Waals surface area contributed by atoms with E-state index >= 15 is 0 Å². The van der Waals surface area contributed by atoms with Gasteiger partial charge in [-0.15, -0.1) is 0 Å². The van der Waals surface area contributed by atoms with Crippen LogP contribution < -0.4 is 4.74 Å². The van der Waals surface area contributed by atoms with Crippen LogP contribution >= 0.6 is 0 Å². The summed E-state index contributed by atoms with van der Waals surface area (Å²) < 4.78 is 4.98. The fourth-order valence-corrected chi connectivity index (χ4v) is 1.44. The lowest BCUT2D eigenvalue weighted by molar-refractivity contribution is 0.0692. The Balaban J connectivity index is 3.07. The third-order valence-corrected chi connectivity index (χ3v) is 2.22. The number of carboxylic acids is 1. The Bertz CT molecular complexity index is 350. The van der Waals surface area contributed by atoms with Gasteiger partial charge in [-0.25, -0.2) is 4.79 Å². The molecule has 1 heterocycles. The van der Waals surface area contributed by atoms with Gasteiger partial charge in [-0.3, -0.25) is 4.98 Å². The van der Waals surface area contributed by atoms with E-state index in [-0.39, 0.29) is 5.56 Å². The number of nitrogens with zero attached hydrogens (tertiary/aromatic N) is 1. The molecular formula is C11H15NO3. The van der Waals surface area contributed by atoms with Crippen molar-refractivity contribution >= 4 is 5.97 Å². The highest BCUT2D eigenvalue weighted by molar-refractivity contribution is 5.92. The first-order valence-corrected chi connectivity index (χ1v) is 4.94. The lowest BCUT2D eigenvalue weighted by Gasteiger charge is -2.08. The van der Waals surface area contributed by atoms with Crippen molar-refractivity contribution in [2.24, 2.45) is 0 Å². The fourth-order valence-electron chi connectivity index (χ4n) is 1.44. The summed E-state index contributed by atoms with van der Waals surface area (Å²) in [5, 5.41) is 9.07. The molecule has 0 spiro atoms. The van der Waals surface area contributed by atoms with Crippen LogP contribution in [-0.2, 0) is 6.42 Å². The molecule has 82 valence electrons. The first-order chi connectivity index (χ1) is 7.20. The van der Waals surface area contributed by atoms with E-state index in [1.54, 1.807) is 6.20 Å². The van der Waals surface area contributed by atoms with Crippen LogP contribution in [0.5, 0.6) is 5.75 Å². The first-order valence-electron chi connectivity index (χ1n) is 4.94. The highest BCUT2D eigenvalue weighted by atomic mass is 16.5. The van der Waals surface area contributed by atoms with Gasteiger partial charge in [-0.05, 0) is 18.4 Å². The van der Waals surface area contributed by atoms with Gasteiger partial charge >= 0.3 is 5.97 Å². The number of aromatic nitrogens is 1. The van der Waals surface area contributed by atoms with E-state index in [9.17, 15) is 4.79 Å². The molecule has 0 radical (unpaired) electrons. The zero-order chi connectivity index (χ0) is 11.3. The highest BCUT2D eigenvalue weighted by Gasteiger charge is 2.16. The smallest absolute Gasteiger partial charge is 0.339 e. The molecule has 1 aromatic heterocycles. The van der Waals surface area contributed by atoms with Gasteiger partial charge in [0.05, 0.1) is 13.3 Å². The van der Waals surface area contributed by atoms with Crippen LogP contribution in [0, 0.1) is 0 Å². The van der Waals surface area contributed by atoms with Crippen LogP contribution in [0.1, 0.15) is 35.7 Å². The van der Waals surface area contributed by atoms with Crippen molar-refractivity contribution in [2.45, 2.75) is 26.2 Å². The molecule has 0 unspecified atom stereocenters. The lowest BCUT2D eigenvalue weighted by Crippen LogP contribution is -2.06. The molecule has 0 bridgehead atoms. The highest BCUT2D eigenvalue weighted by Crippen LogP contribution is 2.22. The molecule has 0 amide bonds. The third kappa shape index (κ3) is 2.68. The van der Waals surface area contributed by atoms with Gasteiger partial charge in [-0.2, -0.15) is 0 Å². The fraction of sp³-hybridized carbons (Fsp3) is 0.455. The van der Waals surface area contributed by atoms with Crippen molar-refractivity contribution < 1.29 is 14.6 Å². The SMILES string of the molecule is CCCCc1cncc(OC)c1C(=O)O. The number of hydrogen-bond donors (Lipinski definition) is 1. The Morgan fingerprint density at radius 2 is 2.27 bits per heavy atom. The number of methoxy groups -OCH3 is 1. The minimum absolute atomic E-state index is 0.237. The molecule has 0 aliphatic heterocycles. The average Bonchev–Trinajstić information content (AvgIpc) is 2.25. The Kier molecular flexibility index (Phi) is 4.09. The largest absolute Gasteiger partial charge is 0.494 e. The summed E-state index contributed by atoms with van der Waals surface area (Å²) in [6.45, 7) is 2.06. The number of aromatic carboxylic acids is 1. The minimum atomic E-state index is -0.958. The van der Waals surface area contributed by atoms with Crippen molar-refractivity contribution in [1.29, 1.82) is 0 Å². The van der Waals surface area contributed by atoms with E-state index < -0.39 is 5.97 Å².